The van der Waals surface area contributed by atoms with Crippen LogP contribution in [0, 0.1) is 0 Å². The van der Waals surface area contributed by atoms with Crippen LogP contribution >= 0.6 is 0 Å². The van der Waals surface area contributed by atoms with Crippen molar-refractivity contribution in [2.45, 2.75) is 0 Å². The molecule has 5 aromatic rings. The number of carbonyl (C=O) groups is 1. The van der Waals surface area contributed by atoms with Crippen LogP contribution in [0.15, 0.2) is 102 Å². The molecule has 0 bridgehead atoms. The molecule has 0 radical (unpaired) electrons. The van der Waals surface area contributed by atoms with Gasteiger partial charge in [0.25, 0.3) is 0 Å². The van der Waals surface area contributed by atoms with Crippen molar-refractivity contribution in [2.24, 2.45) is 4.99 Å². The van der Waals surface area contributed by atoms with Gasteiger partial charge in [-0.15, -0.1) is 0 Å². The molecule has 0 fully saturated rings. The number of aromatic hydroxyl groups is 1. The van der Waals surface area contributed by atoms with Gasteiger partial charge in [0.05, 0.1) is 35.3 Å². The second-order valence-electron chi connectivity index (χ2n) is 7.69. The molecule has 0 unspecified atom stereocenters. The van der Waals surface area contributed by atoms with Gasteiger partial charge in [-0.05, 0) is 36.4 Å². The molecule has 3 aromatic carbocycles. The highest BCUT2D eigenvalue weighted by molar-refractivity contribution is 6.22. The van der Waals surface area contributed by atoms with Crippen LogP contribution in [0.2, 0.25) is 0 Å². The molecule has 2 N–H and O–H groups in total. The lowest BCUT2D eigenvalue weighted by Crippen LogP contribution is -2.03. The number of ether oxygens (including phenoxy) is 1. The molecule has 0 atom stereocenters. The van der Waals surface area contributed by atoms with Crippen molar-refractivity contribution >= 4 is 28.3 Å². The first-order valence-electron chi connectivity index (χ1n) is 10.7. The van der Waals surface area contributed by atoms with Gasteiger partial charge in [0.1, 0.15) is 0 Å². The number of hydrogen-bond donors (Lipinski definition) is 2. The molecule has 2 heterocycles. The zero-order valence-corrected chi connectivity index (χ0v) is 18.4. The third-order valence-corrected chi connectivity index (χ3v) is 5.55. The minimum atomic E-state index is -0.442. The Kier molecular flexibility index (Phi) is 5.62. The summed E-state index contributed by atoms with van der Waals surface area (Å²) >= 11 is 0. The zero-order chi connectivity index (χ0) is 23.5. The average molecular weight is 447 g/mol. The summed E-state index contributed by atoms with van der Waals surface area (Å²) in [4.78, 5) is 24.2. The fourth-order valence-corrected chi connectivity index (χ4v) is 3.90. The van der Waals surface area contributed by atoms with E-state index < -0.39 is 5.97 Å². The molecule has 166 valence electrons. The molecule has 0 aliphatic carbocycles. The quantitative estimate of drug-likeness (QED) is 0.260. The largest absolute Gasteiger partial charge is 0.494 e. The number of rotatable bonds is 5. The SMILES string of the molecule is COC(=O)c1ccc2c(C(=Nc3ccc(-c4ccccn4)cc3)c3ccccc3)c(O)[nH]c2c1. The van der Waals surface area contributed by atoms with E-state index in [0.717, 1.165) is 27.9 Å². The van der Waals surface area contributed by atoms with Gasteiger partial charge in [-0.2, -0.15) is 0 Å². The zero-order valence-electron chi connectivity index (χ0n) is 18.4. The van der Waals surface area contributed by atoms with Gasteiger partial charge in [-0.3, -0.25) is 4.98 Å². The summed E-state index contributed by atoms with van der Waals surface area (Å²) in [7, 11) is 1.34. The van der Waals surface area contributed by atoms with Crippen molar-refractivity contribution < 1.29 is 14.6 Å². The van der Waals surface area contributed by atoms with Gasteiger partial charge in [0, 0.05) is 28.2 Å². The van der Waals surface area contributed by atoms with E-state index in [2.05, 4.69) is 9.97 Å². The van der Waals surface area contributed by atoms with Crippen LogP contribution in [0.5, 0.6) is 5.88 Å². The second-order valence-corrected chi connectivity index (χ2v) is 7.69. The number of carbonyl (C=O) groups excluding carboxylic acids is 1. The molecule has 5 rings (SSSR count). The topological polar surface area (TPSA) is 87.6 Å². The summed E-state index contributed by atoms with van der Waals surface area (Å²) < 4.78 is 4.82. The minimum Gasteiger partial charge on any atom is -0.494 e. The smallest absolute Gasteiger partial charge is 0.337 e. The lowest BCUT2D eigenvalue weighted by Gasteiger charge is -2.08. The fourth-order valence-electron chi connectivity index (χ4n) is 3.90. The molecular formula is C28H21N3O3. The Morgan fingerprint density at radius 3 is 2.38 bits per heavy atom. The van der Waals surface area contributed by atoms with E-state index in [4.69, 9.17) is 9.73 Å². The lowest BCUT2D eigenvalue weighted by molar-refractivity contribution is 0.0601. The normalized spacial score (nSPS) is 11.5. The van der Waals surface area contributed by atoms with E-state index in [9.17, 15) is 9.90 Å². The molecule has 0 saturated carbocycles. The van der Waals surface area contributed by atoms with E-state index >= 15 is 0 Å². The van der Waals surface area contributed by atoms with Crippen LogP contribution in [0.4, 0.5) is 5.69 Å². The summed E-state index contributed by atoms with van der Waals surface area (Å²) in [6.45, 7) is 0. The molecule has 0 aliphatic rings. The van der Waals surface area contributed by atoms with Gasteiger partial charge in [0.15, 0.2) is 5.88 Å². The molecule has 34 heavy (non-hydrogen) atoms. The summed E-state index contributed by atoms with van der Waals surface area (Å²) in [5.41, 5.74) is 5.65. The number of H-pyrrole nitrogens is 1. The van der Waals surface area contributed by atoms with Crippen LogP contribution in [0.3, 0.4) is 0 Å². The second kappa shape index (κ2) is 9.03. The first kappa shape index (κ1) is 21.2. The summed E-state index contributed by atoms with van der Waals surface area (Å²) in [6.07, 6.45) is 1.76. The molecule has 2 aromatic heterocycles. The third-order valence-electron chi connectivity index (χ3n) is 5.55. The van der Waals surface area contributed by atoms with Crippen molar-refractivity contribution in [3.63, 3.8) is 0 Å². The van der Waals surface area contributed by atoms with Crippen molar-refractivity contribution in [1.29, 1.82) is 0 Å². The average Bonchev–Trinajstić information content (AvgIpc) is 3.22. The van der Waals surface area contributed by atoms with Gasteiger partial charge < -0.3 is 14.8 Å². The highest BCUT2D eigenvalue weighted by atomic mass is 16.5. The molecule has 0 amide bonds. The Morgan fingerprint density at radius 2 is 1.68 bits per heavy atom. The molecule has 0 saturated heterocycles. The number of aromatic nitrogens is 2. The Bertz CT molecular complexity index is 1490. The number of fused-ring (bicyclic) bond motifs is 1. The first-order valence-corrected chi connectivity index (χ1v) is 10.7. The van der Waals surface area contributed by atoms with Crippen LogP contribution in [0.25, 0.3) is 22.2 Å². The monoisotopic (exact) mass is 447 g/mol. The number of methoxy groups -OCH3 is 1. The Balaban J connectivity index is 1.63. The van der Waals surface area contributed by atoms with E-state index in [0.29, 0.717) is 22.4 Å². The molecular weight excluding hydrogens is 426 g/mol. The number of pyridine rings is 1. The highest BCUT2D eigenvalue weighted by Gasteiger charge is 2.20. The number of nitrogens with zero attached hydrogens (tertiary/aromatic N) is 2. The molecule has 6 nitrogen and oxygen atoms in total. The number of aromatic amines is 1. The van der Waals surface area contributed by atoms with Crippen molar-refractivity contribution in [3.05, 3.63) is 114 Å². The van der Waals surface area contributed by atoms with Gasteiger partial charge in [-0.25, -0.2) is 9.79 Å². The highest BCUT2D eigenvalue weighted by Crippen LogP contribution is 2.32. The Labute approximate surface area is 196 Å². The lowest BCUT2D eigenvalue weighted by atomic mass is 10.00. The number of aliphatic imine (C=N–C) groups is 1. The number of benzene rings is 3. The first-order chi connectivity index (χ1) is 16.6. The molecule has 0 spiro atoms. The van der Waals surface area contributed by atoms with Crippen molar-refractivity contribution in [2.75, 3.05) is 7.11 Å². The Morgan fingerprint density at radius 1 is 0.912 bits per heavy atom. The standard InChI is InChI=1S/C28H21N3O3/c1-34-28(33)20-12-15-22-24(17-20)31-27(32)25(22)26(19-7-3-2-4-8-19)30-21-13-10-18(11-14-21)23-9-5-6-16-29-23/h2-17,31-32H,1H3. The number of esters is 1. The number of nitrogens with one attached hydrogen (secondary N) is 1. The van der Waals surface area contributed by atoms with E-state index in [1.807, 2.05) is 72.8 Å². The summed E-state index contributed by atoms with van der Waals surface area (Å²) in [5.74, 6) is -0.466. The molecule has 0 aliphatic heterocycles. The van der Waals surface area contributed by atoms with Crippen LogP contribution < -0.4 is 0 Å². The van der Waals surface area contributed by atoms with Crippen molar-refractivity contribution in [3.8, 4) is 17.1 Å². The van der Waals surface area contributed by atoms with Crippen molar-refractivity contribution in [1.82, 2.24) is 9.97 Å². The van der Waals surface area contributed by atoms with Crippen LogP contribution in [-0.4, -0.2) is 33.9 Å². The van der Waals surface area contributed by atoms with E-state index in [1.165, 1.54) is 7.11 Å². The Hall–Kier alpha value is -4.71. The predicted molar refractivity (Wildman–Crippen MR) is 133 cm³/mol. The van der Waals surface area contributed by atoms with Gasteiger partial charge in [-0.1, -0.05) is 54.6 Å². The third kappa shape index (κ3) is 4.04. The van der Waals surface area contributed by atoms with Crippen LogP contribution in [0.1, 0.15) is 21.5 Å². The van der Waals surface area contributed by atoms with E-state index in [1.54, 1.807) is 24.4 Å². The van der Waals surface area contributed by atoms with Crippen LogP contribution in [-0.2, 0) is 4.74 Å². The van der Waals surface area contributed by atoms with Gasteiger partial charge >= 0.3 is 5.97 Å². The maximum atomic E-state index is 11.9. The minimum absolute atomic E-state index is 0.0234. The summed E-state index contributed by atoms with van der Waals surface area (Å²) in [5, 5.41) is 11.6. The van der Waals surface area contributed by atoms with Gasteiger partial charge in [0.2, 0.25) is 0 Å². The maximum Gasteiger partial charge on any atom is 0.337 e. The number of hydrogen-bond acceptors (Lipinski definition) is 5. The van der Waals surface area contributed by atoms with E-state index in [-0.39, 0.29) is 5.88 Å². The molecule has 6 heteroatoms. The summed E-state index contributed by atoms with van der Waals surface area (Å²) in [6, 6.07) is 28.4. The predicted octanol–water partition coefficient (Wildman–Crippen LogP) is 5.89. The fraction of sp³-hybridized carbons (Fsp3) is 0.0357. The maximum absolute atomic E-state index is 11.9.